The normalized spacial score (nSPS) is 11.6. The molecule has 7 heteroatoms. The Hall–Kier alpha value is -1.50. The molecular formula is C12H10BrF3N2O. The van der Waals surface area contributed by atoms with Crippen molar-refractivity contribution in [1.82, 2.24) is 4.98 Å². The summed E-state index contributed by atoms with van der Waals surface area (Å²) >= 11 is 2.98. The van der Waals surface area contributed by atoms with Crippen LogP contribution in [0.1, 0.15) is 11.3 Å². The van der Waals surface area contributed by atoms with Crippen molar-refractivity contribution in [2.75, 3.05) is 11.9 Å². The average molecular weight is 335 g/mol. The van der Waals surface area contributed by atoms with Gasteiger partial charge in [-0.3, -0.25) is 0 Å². The summed E-state index contributed by atoms with van der Waals surface area (Å²) in [5, 5.41) is 2.67. The molecule has 0 atom stereocenters. The van der Waals surface area contributed by atoms with Crippen molar-refractivity contribution < 1.29 is 17.6 Å². The zero-order chi connectivity index (χ0) is 13.9. The largest absolute Gasteiger partial charge is 0.469 e. The van der Waals surface area contributed by atoms with Crippen LogP contribution in [0, 0.1) is 0 Å². The van der Waals surface area contributed by atoms with Crippen LogP contribution in [0.25, 0.3) is 0 Å². The van der Waals surface area contributed by atoms with E-state index in [9.17, 15) is 13.2 Å². The quantitative estimate of drug-likeness (QED) is 0.914. The number of halogens is 4. The standard InChI is InChI=1S/C12H10BrF3N2O/c13-8-6-10(12(14,15)16)11(18-7-8)17-4-3-9-2-1-5-19-9/h1-2,5-7H,3-4H2,(H,17,18). The molecule has 19 heavy (non-hydrogen) atoms. The second-order valence-corrected chi connectivity index (χ2v) is 4.72. The van der Waals surface area contributed by atoms with Crippen LogP contribution in [0.4, 0.5) is 19.0 Å². The van der Waals surface area contributed by atoms with E-state index in [2.05, 4.69) is 26.2 Å². The third kappa shape index (κ3) is 3.73. The van der Waals surface area contributed by atoms with Crippen LogP contribution in [-0.2, 0) is 12.6 Å². The maximum Gasteiger partial charge on any atom is 0.419 e. The van der Waals surface area contributed by atoms with Crippen molar-refractivity contribution in [1.29, 1.82) is 0 Å². The number of alkyl halides is 3. The van der Waals surface area contributed by atoms with Crippen LogP contribution in [-0.4, -0.2) is 11.5 Å². The highest BCUT2D eigenvalue weighted by molar-refractivity contribution is 9.10. The van der Waals surface area contributed by atoms with Crippen LogP contribution in [0.3, 0.4) is 0 Å². The van der Waals surface area contributed by atoms with E-state index in [1.165, 1.54) is 12.5 Å². The number of nitrogens with zero attached hydrogens (tertiary/aromatic N) is 1. The van der Waals surface area contributed by atoms with Gasteiger partial charge in [-0.1, -0.05) is 0 Å². The van der Waals surface area contributed by atoms with Crippen molar-refractivity contribution in [2.45, 2.75) is 12.6 Å². The molecule has 2 rings (SSSR count). The monoisotopic (exact) mass is 334 g/mol. The maximum absolute atomic E-state index is 12.8. The Balaban J connectivity index is 2.07. The topological polar surface area (TPSA) is 38.1 Å². The molecule has 2 aromatic rings. The smallest absolute Gasteiger partial charge is 0.419 e. The third-order valence-electron chi connectivity index (χ3n) is 2.40. The van der Waals surface area contributed by atoms with E-state index in [0.717, 1.165) is 6.07 Å². The van der Waals surface area contributed by atoms with Crippen molar-refractivity contribution in [3.05, 3.63) is 46.5 Å². The van der Waals surface area contributed by atoms with Crippen LogP contribution in [0.2, 0.25) is 0 Å². The Morgan fingerprint density at radius 2 is 2.16 bits per heavy atom. The Bertz CT molecular complexity index is 540. The molecule has 1 N–H and O–H groups in total. The summed E-state index contributed by atoms with van der Waals surface area (Å²) in [4.78, 5) is 3.75. The number of rotatable bonds is 4. The predicted octanol–water partition coefficient (Wildman–Crippen LogP) is 4.11. The van der Waals surface area contributed by atoms with Gasteiger partial charge in [0.25, 0.3) is 0 Å². The first-order valence-electron chi connectivity index (χ1n) is 5.46. The van der Waals surface area contributed by atoms with Crippen LogP contribution < -0.4 is 5.32 Å². The summed E-state index contributed by atoms with van der Waals surface area (Å²) in [5.74, 6) is 0.528. The molecule has 0 radical (unpaired) electrons. The van der Waals surface area contributed by atoms with Crippen molar-refractivity contribution >= 4 is 21.7 Å². The molecule has 102 valence electrons. The van der Waals surface area contributed by atoms with Gasteiger partial charge in [0.15, 0.2) is 0 Å². The zero-order valence-corrected chi connectivity index (χ0v) is 11.3. The molecule has 0 bridgehead atoms. The van der Waals surface area contributed by atoms with E-state index in [1.54, 1.807) is 12.1 Å². The molecular weight excluding hydrogens is 325 g/mol. The van der Waals surface area contributed by atoms with Gasteiger partial charge in [0.05, 0.1) is 11.8 Å². The molecule has 2 aromatic heterocycles. The van der Waals surface area contributed by atoms with E-state index in [1.807, 2.05) is 0 Å². The van der Waals surface area contributed by atoms with Gasteiger partial charge in [-0.2, -0.15) is 13.2 Å². The summed E-state index contributed by atoms with van der Waals surface area (Å²) in [6, 6.07) is 4.50. The van der Waals surface area contributed by atoms with Gasteiger partial charge in [0, 0.05) is 23.6 Å². The maximum atomic E-state index is 12.8. The Morgan fingerprint density at radius 1 is 1.37 bits per heavy atom. The van der Waals surface area contributed by atoms with Crippen molar-refractivity contribution in [2.24, 2.45) is 0 Å². The van der Waals surface area contributed by atoms with Gasteiger partial charge in [-0.05, 0) is 34.1 Å². The minimum atomic E-state index is -4.44. The molecule has 3 nitrogen and oxygen atoms in total. The van der Waals surface area contributed by atoms with Crippen LogP contribution >= 0.6 is 15.9 Å². The first-order chi connectivity index (χ1) is 8.97. The number of pyridine rings is 1. The van der Waals surface area contributed by atoms with Crippen LogP contribution in [0.5, 0.6) is 0 Å². The van der Waals surface area contributed by atoms with E-state index in [-0.39, 0.29) is 10.3 Å². The van der Waals surface area contributed by atoms with Gasteiger partial charge in [0.2, 0.25) is 0 Å². The highest BCUT2D eigenvalue weighted by atomic mass is 79.9. The van der Waals surface area contributed by atoms with Crippen LogP contribution in [0.15, 0.2) is 39.5 Å². The fourth-order valence-corrected chi connectivity index (χ4v) is 1.89. The van der Waals surface area contributed by atoms with E-state index in [0.29, 0.717) is 18.7 Å². The lowest BCUT2D eigenvalue weighted by atomic mass is 10.2. The first-order valence-corrected chi connectivity index (χ1v) is 6.25. The second-order valence-electron chi connectivity index (χ2n) is 3.80. The number of hydrogen-bond donors (Lipinski definition) is 1. The van der Waals surface area contributed by atoms with E-state index in [4.69, 9.17) is 4.42 Å². The molecule has 0 aliphatic rings. The number of nitrogens with one attached hydrogen (secondary N) is 1. The summed E-state index contributed by atoms with van der Waals surface area (Å²) in [7, 11) is 0. The molecule has 0 fully saturated rings. The molecule has 0 aliphatic heterocycles. The van der Waals surface area contributed by atoms with Gasteiger partial charge < -0.3 is 9.73 Å². The molecule has 0 spiro atoms. The van der Waals surface area contributed by atoms with Crippen molar-refractivity contribution in [3.8, 4) is 0 Å². The fraction of sp³-hybridized carbons (Fsp3) is 0.250. The Kier molecular flexibility index (Phi) is 4.14. The lowest BCUT2D eigenvalue weighted by Gasteiger charge is -2.13. The summed E-state index contributed by atoms with van der Waals surface area (Å²) in [5.41, 5.74) is -0.790. The van der Waals surface area contributed by atoms with Gasteiger partial charge in [0.1, 0.15) is 11.6 Å². The summed E-state index contributed by atoms with van der Waals surface area (Å²) < 4.78 is 43.8. The second kappa shape index (κ2) is 5.64. The fourth-order valence-electron chi connectivity index (χ4n) is 1.56. The summed E-state index contributed by atoms with van der Waals surface area (Å²) in [6.07, 6.45) is -1.11. The molecule has 0 saturated heterocycles. The van der Waals surface area contributed by atoms with E-state index >= 15 is 0 Å². The van der Waals surface area contributed by atoms with Crippen molar-refractivity contribution in [3.63, 3.8) is 0 Å². The first kappa shape index (κ1) is 13.9. The Labute approximate surface area is 116 Å². The Morgan fingerprint density at radius 3 is 2.79 bits per heavy atom. The number of hydrogen-bond acceptors (Lipinski definition) is 3. The van der Waals surface area contributed by atoms with Gasteiger partial charge in [-0.15, -0.1) is 0 Å². The highest BCUT2D eigenvalue weighted by Crippen LogP contribution is 2.35. The number of aromatic nitrogens is 1. The lowest BCUT2D eigenvalue weighted by molar-refractivity contribution is -0.137. The molecule has 0 unspecified atom stereocenters. The van der Waals surface area contributed by atoms with Gasteiger partial charge in [-0.25, -0.2) is 4.98 Å². The third-order valence-corrected chi connectivity index (χ3v) is 2.84. The van der Waals surface area contributed by atoms with E-state index < -0.39 is 11.7 Å². The molecule has 0 saturated carbocycles. The zero-order valence-electron chi connectivity index (χ0n) is 9.67. The molecule has 0 aromatic carbocycles. The molecule has 2 heterocycles. The number of furan rings is 1. The summed E-state index contributed by atoms with van der Waals surface area (Å²) in [6.45, 7) is 0.311. The molecule has 0 amide bonds. The predicted molar refractivity (Wildman–Crippen MR) is 67.8 cm³/mol. The number of anilines is 1. The average Bonchev–Trinajstić information content (AvgIpc) is 2.83. The SMILES string of the molecule is FC(F)(F)c1cc(Br)cnc1NCCc1ccco1. The lowest BCUT2D eigenvalue weighted by Crippen LogP contribution is -2.14. The minimum absolute atomic E-state index is 0.178. The highest BCUT2D eigenvalue weighted by Gasteiger charge is 2.34. The van der Waals surface area contributed by atoms with Gasteiger partial charge >= 0.3 is 6.18 Å². The molecule has 0 aliphatic carbocycles. The minimum Gasteiger partial charge on any atom is -0.469 e.